The second-order valence-electron chi connectivity index (χ2n) is 6.70. The Kier molecular flexibility index (Phi) is 5.62. The van der Waals surface area contributed by atoms with Crippen LogP contribution in [0.1, 0.15) is 16.1 Å². The molecule has 0 aliphatic heterocycles. The van der Waals surface area contributed by atoms with Crippen LogP contribution < -0.4 is 10.5 Å². The number of benzene rings is 2. The molecule has 0 aliphatic carbocycles. The van der Waals surface area contributed by atoms with Gasteiger partial charge in [-0.15, -0.1) is 11.3 Å². The minimum absolute atomic E-state index is 0.0225. The van der Waals surface area contributed by atoms with Crippen molar-refractivity contribution in [1.82, 2.24) is 15.0 Å². The zero-order chi connectivity index (χ0) is 22.9. The van der Waals surface area contributed by atoms with E-state index >= 15 is 0 Å². The monoisotopic (exact) mass is 456 g/mol. The molecule has 2 aromatic heterocycles. The Labute approximate surface area is 184 Å². The molecule has 0 radical (unpaired) electrons. The highest BCUT2D eigenvalue weighted by Gasteiger charge is 2.31. The van der Waals surface area contributed by atoms with E-state index in [1.165, 1.54) is 35.9 Å². The number of halogens is 3. The molecule has 0 bridgehead atoms. The average Bonchev–Trinajstić information content (AvgIpc) is 3.15. The molecule has 0 saturated carbocycles. The molecule has 0 aliphatic rings. The molecule has 2 aromatic carbocycles. The van der Waals surface area contributed by atoms with Gasteiger partial charge in [0.25, 0.3) is 0 Å². The zero-order valence-electron chi connectivity index (χ0n) is 16.4. The van der Waals surface area contributed by atoms with Gasteiger partial charge in [0.15, 0.2) is 5.75 Å². The number of thiazole rings is 1. The number of ether oxygens (including phenoxy) is 1. The minimum atomic E-state index is -4.46. The van der Waals surface area contributed by atoms with Gasteiger partial charge in [-0.2, -0.15) is 13.2 Å². The van der Waals surface area contributed by atoms with Gasteiger partial charge in [0.05, 0.1) is 22.4 Å². The van der Waals surface area contributed by atoms with Crippen molar-refractivity contribution in [3.8, 4) is 22.9 Å². The fourth-order valence-corrected chi connectivity index (χ4v) is 4.07. The highest BCUT2D eigenvalue weighted by molar-refractivity contribution is 7.18. The normalized spacial score (nSPS) is 11.5. The van der Waals surface area contributed by atoms with Gasteiger partial charge in [0.2, 0.25) is 11.8 Å². The Morgan fingerprint density at radius 3 is 2.72 bits per heavy atom. The number of aromatic nitrogens is 3. The maximum atomic E-state index is 13.0. The summed E-state index contributed by atoms with van der Waals surface area (Å²) in [5.41, 5.74) is 6.13. The summed E-state index contributed by atoms with van der Waals surface area (Å²) in [6, 6.07) is 10.2. The van der Waals surface area contributed by atoms with Crippen LogP contribution in [0.2, 0.25) is 0 Å². The number of carbonyl (C=O) groups is 1. The van der Waals surface area contributed by atoms with Crippen molar-refractivity contribution < 1.29 is 22.7 Å². The molecule has 0 atom stereocenters. The first-order valence-electron chi connectivity index (χ1n) is 9.25. The van der Waals surface area contributed by atoms with E-state index in [2.05, 4.69) is 21.5 Å². The lowest BCUT2D eigenvalue weighted by Crippen LogP contribution is -2.13. The number of amides is 1. The van der Waals surface area contributed by atoms with Crippen LogP contribution in [0.4, 0.5) is 13.2 Å². The van der Waals surface area contributed by atoms with E-state index in [4.69, 9.17) is 10.5 Å². The first-order valence-corrected chi connectivity index (χ1v) is 10.1. The fraction of sp³-hybridized carbons (Fsp3) is 0.0909. The molecular weight excluding hydrogens is 441 g/mol. The van der Waals surface area contributed by atoms with Crippen LogP contribution in [-0.4, -0.2) is 20.9 Å². The predicted octanol–water partition coefficient (Wildman–Crippen LogP) is 5.24. The molecule has 2 heterocycles. The number of fused-ring (bicyclic) bond motifs is 1. The molecule has 0 fully saturated rings. The third kappa shape index (κ3) is 4.45. The van der Waals surface area contributed by atoms with Crippen LogP contribution in [0.3, 0.4) is 0 Å². The highest BCUT2D eigenvalue weighted by Crippen LogP contribution is 2.35. The van der Waals surface area contributed by atoms with Crippen LogP contribution in [0.15, 0.2) is 55.4 Å². The number of primary amides is 1. The predicted molar refractivity (Wildman–Crippen MR) is 115 cm³/mol. The van der Waals surface area contributed by atoms with Crippen molar-refractivity contribution >= 4 is 33.5 Å². The van der Waals surface area contributed by atoms with E-state index in [-0.39, 0.29) is 17.9 Å². The van der Waals surface area contributed by atoms with Gasteiger partial charge in [0, 0.05) is 11.6 Å². The van der Waals surface area contributed by atoms with Crippen molar-refractivity contribution in [1.29, 1.82) is 0 Å². The van der Waals surface area contributed by atoms with Crippen LogP contribution >= 0.6 is 11.3 Å². The van der Waals surface area contributed by atoms with Crippen LogP contribution in [0.5, 0.6) is 11.6 Å². The van der Waals surface area contributed by atoms with Gasteiger partial charge >= 0.3 is 6.18 Å². The smallest absolute Gasteiger partial charge is 0.416 e. The van der Waals surface area contributed by atoms with Crippen LogP contribution in [0, 0.1) is 0 Å². The Morgan fingerprint density at radius 2 is 2.00 bits per heavy atom. The van der Waals surface area contributed by atoms with E-state index in [0.717, 1.165) is 16.8 Å². The second kappa shape index (κ2) is 8.39. The number of nitrogens with zero attached hydrogens (tertiary/aromatic N) is 3. The van der Waals surface area contributed by atoms with Gasteiger partial charge in [-0.25, -0.2) is 15.0 Å². The molecule has 162 valence electrons. The number of carbonyl (C=O) groups excluding carboxylic acids is 1. The molecule has 4 aromatic rings. The summed E-state index contributed by atoms with van der Waals surface area (Å²) < 4.78 is 45.8. The van der Waals surface area contributed by atoms with Gasteiger partial charge < -0.3 is 10.5 Å². The molecule has 1 amide bonds. The molecular formula is C22H15F3N4O2S. The number of hydrogen-bond donors (Lipinski definition) is 1. The molecule has 10 heteroatoms. The van der Waals surface area contributed by atoms with E-state index in [1.807, 2.05) is 6.07 Å². The third-order valence-corrected chi connectivity index (χ3v) is 5.50. The van der Waals surface area contributed by atoms with Gasteiger partial charge in [-0.1, -0.05) is 24.8 Å². The van der Waals surface area contributed by atoms with Crippen molar-refractivity contribution in [2.45, 2.75) is 12.6 Å². The summed E-state index contributed by atoms with van der Waals surface area (Å²) in [7, 11) is 0. The molecule has 0 unspecified atom stereocenters. The Hall–Kier alpha value is -3.79. The summed E-state index contributed by atoms with van der Waals surface area (Å²) in [6.45, 7) is 3.61. The summed E-state index contributed by atoms with van der Waals surface area (Å²) in [5.74, 6) is 0.110. The lowest BCUT2D eigenvalue weighted by atomic mass is 10.0. The Morgan fingerprint density at radius 1 is 1.19 bits per heavy atom. The standard InChI is InChI=1S/C22H15F3N4O2S/c1-2-12-8-13(22(23,24)25)6-7-14(12)15-9-19(28-11-27-15)31-16-4-3-5-17-21(16)29-20(32-17)10-18(26)30/h2-9,11H,1,10H2,(H2,26,30). The number of hydrogen-bond acceptors (Lipinski definition) is 6. The molecule has 2 N–H and O–H groups in total. The van der Waals surface area contributed by atoms with E-state index in [0.29, 0.717) is 27.5 Å². The molecule has 4 rings (SSSR count). The molecule has 6 nitrogen and oxygen atoms in total. The van der Waals surface area contributed by atoms with Crippen LogP contribution in [0.25, 0.3) is 27.6 Å². The van der Waals surface area contributed by atoms with Gasteiger partial charge in [-0.05, 0) is 29.8 Å². The zero-order valence-corrected chi connectivity index (χ0v) is 17.2. The number of alkyl halides is 3. The van der Waals surface area contributed by atoms with Crippen molar-refractivity contribution in [2.75, 3.05) is 0 Å². The number of rotatable bonds is 6. The molecule has 0 saturated heterocycles. The topological polar surface area (TPSA) is 91.0 Å². The van der Waals surface area contributed by atoms with Gasteiger partial charge in [-0.3, -0.25) is 4.79 Å². The van der Waals surface area contributed by atoms with Crippen molar-refractivity contribution in [3.63, 3.8) is 0 Å². The number of para-hydroxylation sites is 1. The Balaban J connectivity index is 1.68. The van der Waals surface area contributed by atoms with Crippen molar-refractivity contribution in [3.05, 3.63) is 71.5 Å². The maximum absolute atomic E-state index is 13.0. The molecule has 0 spiro atoms. The first-order chi connectivity index (χ1) is 15.2. The largest absolute Gasteiger partial charge is 0.437 e. The quantitative estimate of drug-likeness (QED) is 0.429. The highest BCUT2D eigenvalue weighted by atomic mass is 32.1. The summed E-state index contributed by atoms with van der Waals surface area (Å²) in [6.07, 6.45) is -1.84. The number of nitrogens with two attached hydrogens (primary N) is 1. The van der Waals surface area contributed by atoms with Gasteiger partial charge in [0.1, 0.15) is 16.9 Å². The van der Waals surface area contributed by atoms with E-state index in [9.17, 15) is 18.0 Å². The lowest BCUT2D eigenvalue weighted by Gasteiger charge is -2.12. The Bertz CT molecular complexity index is 1330. The SMILES string of the molecule is C=Cc1cc(C(F)(F)F)ccc1-c1cc(Oc2cccc3sc(CC(N)=O)nc23)ncn1. The second-order valence-corrected chi connectivity index (χ2v) is 7.82. The van der Waals surface area contributed by atoms with Crippen LogP contribution in [-0.2, 0) is 17.4 Å². The van der Waals surface area contributed by atoms with E-state index in [1.54, 1.807) is 12.1 Å². The third-order valence-electron chi connectivity index (χ3n) is 4.48. The maximum Gasteiger partial charge on any atom is 0.416 e. The van der Waals surface area contributed by atoms with E-state index < -0.39 is 17.6 Å². The lowest BCUT2D eigenvalue weighted by molar-refractivity contribution is -0.137. The first kappa shape index (κ1) is 21.4. The summed E-state index contributed by atoms with van der Waals surface area (Å²) >= 11 is 1.33. The molecule has 32 heavy (non-hydrogen) atoms. The minimum Gasteiger partial charge on any atom is -0.437 e. The van der Waals surface area contributed by atoms with Crippen molar-refractivity contribution in [2.24, 2.45) is 5.73 Å². The average molecular weight is 456 g/mol. The summed E-state index contributed by atoms with van der Waals surface area (Å²) in [4.78, 5) is 23.9. The summed E-state index contributed by atoms with van der Waals surface area (Å²) in [5, 5.41) is 0.562. The fourth-order valence-electron chi connectivity index (χ4n) is 3.07.